The standard InChI is InChI=1S/C15H18N2O/c1-2-6-12(7-3-1)14-11-18-15(17-14)10-13-8-4-5-9-16-13/h1-3,6-7,11,13,16H,4-5,8-10H2. The molecule has 3 rings (SSSR count). The van der Waals surface area contributed by atoms with Crippen molar-refractivity contribution in [2.45, 2.75) is 31.7 Å². The van der Waals surface area contributed by atoms with Crippen LogP contribution in [0.25, 0.3) is 11.3 Å². The van der Waals surface area contributed by atoms with E-state index in [0.717, 1.165) is 30.1 Å². The number of aromatic nitrogens is 1. The molecule has 1 fully saturated rings. The van der Waals surface area contributed by atoms with Gasteiger partial charge in [0.15, 0.2) is 5.89 Å². The number of oxazole rings is 1. The fourth-order valence-corrected chi connectivity index (χ4v) is 2.46. The molecule has 2 heterocycles. The van der Waals surface area contributed by atoms with Crippen molar-refractivity contribution in [3.63, 3.8) is 0 Å². The predicted octanol–water partition coefficient (Wildman–Crippen LogP) is 3.03. The Kier molecular flexibility index (Phi) is 3.42. The third kappa shape index (κ3) is 2.62. The number of piperidine rings is 1. The van der Waals surface area contributed by atoms with Crippen LogP contribution in [0.5, 0.6) is 0 Å². The Morgan fingerprint density at radius 1 is 1.22 bits per heavy atom. The number of nitrogens with zero attached hydrogens (tertiary/aromatic N) is 1. The molecule has 1 aliphatic rings. The summed E-state index contributed by atoms with van der Waals surface area (Å²) in [6, 6.07) is 10.7. The molecule has 3 nitrogen and oxygen atoms in total. The first-order valence-electron chi connectivity index (χ1n) is 6.65. The lowest BCUT2D eigenvalue weighted by molar-refractivity contribution is 0.367. The van der Waals surface area contributed by atoms with E-state index >= 15 is 0 Å². The van der Waals surface area contributed by atoms with Crippen molar-refractivity contribution in [1.82, 2.24) is 10.3 Å². The van der Waals surface area contributed by atoms with Gasteiger partial charge in [-0.2, -0.15) is 0 Å². The molecule has 0 saturated carbocycles. The molecule has 2 aromatic rings. The van der Waals surface area contributed by atoms with Gasteiger partial charge in [0.05, 0.1) is 0 Å². The summed E-state index contributed by atoms with van der Waals surface area (Å²) in [5.74, 6) is 0.841. The topological polar surface area (TPSA) is 38.1 Å². The molecule has 1 aromatic carbocycles. The number of hydrogen-bond donors (Lipinski definition) is 1. The molecule has 0 radical (unpaired) electrons. The molecule has 0 spiro atoms. The van der Waals surface area contributed by atoms with Gasteiger partial charge in [-0.25, -0.2) is 4.98 Å². The first-order valence-corrected chi connectivity index (χ1v) is 6.65. The number of nitrogens with one attached hydrogen (secondary N) is 1. The zero-order chi connectivity index (χ0) is 12.2. The summed E-state index contributed by atoms with van der Waals surface area (Å²) in [7, 11) is 0. The molecule has 1 N–H and O–H groups in total. The Morgan fingerprint density at radius 2 is 2.11 bits per heavy atom. The van der Waals surface area contributed by atoms with E-state index < -0.39 is 0 Å². The Labute approximate surface area is 107 Å². The molecule has 1 unspecified atom stereocenters. The van der Waals surface area contributed by atoms with E-state index in [9.17, 15) is 0 Å². The maximum Gasteiger partial charge on any atom is 0.196 e. The summed E-state index contributed by atoms with van der Waals surface area (Å²) in [4.78, 5) is 4.57. The van der Waals surface area contributed by atoms with Gasteiger partial charge in [0, 0.05) is 18.0 Å². The zero-order valence-electron chi connectivity index (χ0n) is 10.4. The normalized spacial score (nSPS) is 19.9. The lowest BCUT2D eigenvalue weighted by Crippen LogP contribution is -2.35. The maximum atomic E-state index is 5.57. The second-order valence-electron chi connectivity index (χ2n) is 4.84. The Bertz CT molecular complexity index is 486. The molecule has 94 valence electrons. The molecule has 0 amide bonds. The Morgan fingerprint density at radius 3 is 2.89 bits per heavy atom. The predicted molar refractivity (Wildman–Crippen MR) is 71.3 cm³/mol. The highest BCUT2D eigenvalue weighted by Crippen LogP contribution is 2.19. The molecule has 1 atom stereocenters. The first-order chi connectivity index (χ1) is 8.92. The zero-order valence-corrected chi connectivity index (χ0v) is 10.4. The summed E-state index contributed by atoms with van der Waals surface area (Å²) in [6.07, 6.45) is 6.48. The van der Waals surface area contributed by atoms with Gasteiger partial charge in [0.25, 0.3) is 0 Å². The van der Waals surface area contributed by atoms with Gasteiger partial charge < -0.3 is 9.73 Å². The van der Waals surface area contributed by atoms with E-state index in [1.165, 1.54) is 19.3 Å². The van der Waals surface area contributed by atoms with Gasteiger partial charge in [-0.3, -0.25) is 0 Å². The van der Waals surface area contributed by atoms with Crippen LogP contribution in [0, 0.1) is 0 Å². The molecular formula is C15H18N2O. The summed E-state index contributed by atoms with van der Waals surface area (Å²) in [6.45, 7) is 1.12. The van der Waals surface area contributed by atoms with Crippen LogP contribution in [0.1, 0.15) is 25.2 Å². The highest BCUT2D eigenvalue weighted by molar-refractivity contribution is 5.57. The van der Waals surface area contributed by atoms with Gasteiger partial charge in [-0.05, 0) is 19.4 Å². The van der Waals surface area contributed by atoms with Crippen molar-refractivity contribution < 1.29 is 4.42 Å². The highest BCUT2D eigenvalue weighted by atomic mass is 16.3. The van der Waals surface area contributed by atoms with Gasteiger partial charge >= 0.3 is 0 Å². The molecular weight excluding hydrogens is 224 g/mol. The van der Waals surface area contributed by atoms with Gasteiger partial charge in [0.1, 0.15) is 12.0 Å². The van der Waals surface area contributed by atoms with Crippen molar-refractivity contribution in [1.29, 1.82) is 0 Å². The molecule has 0 aliphatic carbocycles. The molecule has 1 aromatic heterocycles. The van der Waals surface area contributed by atoms with E-state index in [1.807, 2.05) is 18.2 Å². The molecule has 18 heavy (non-hydrogen) atoms. The molecule has 3 heteroatoms. The lowest BCUT2D eigenvalue weighted by Gasteiger charge is -2.21. The first kappa shape index (κ1) is 11.5. The van der Waals surface area contributed by atoms with Crippen LogP contribution in [0.2, 0.25) is 0 Å². The lowest BCUT2D eigenvalue weighted by atomic mass is 10.0. The number of rotatable bonds is 3. The van der Waals surface area contributed by atoms with Crippen molar-refractivity contribution >= 4 is 0 Å². The second-order valence-corrected chi connectivity index (χ2v) is 4.84. The van der Waals surface area contributed by atoms with E-state index in [2.05, 4.69) is 22.4 Å². The monoisotopic (exact) mass is 242 g/mol. The van der Waals surface area contributed by atoms with Gasteiger partial charge in [-0.15, -0.1) is 0 Å². The largest absolute Gasteiger partial charge is 0.448 e. The van der Waals surface area contributed by atoms with Crippen LogP contribution in [0.4, 0.5) is 0 Å². The minimum absolute atomic E-state index is 0.529. The molecule has 1 aliphatic heterocycles. The highest BCUT2D eigenvalue weighted by Gasteiger charge is 2.16. The van der Waals surface area contributed by atoms with E-state index in [0.29, 0.717) is 6.04 Å². The minimum atomic E-state index is 0.529. The maximum absolute atomic E-state index is 5.57. The van der Waals surface area contributed by atoms with Crippen LogP contribution in [0.3, 0.4) is 0 Å². The van der Waals surface area contributed by atoms with E-state index in [1.54, 1.807) is 6.26 Å². The van der Waals surface area contributed by atoms with Crippen LogP contribution < -0.4 is 5.32 Å². The third-order valence-corrected chi connectivity index (χ3v) is 3.45. The molecule has 0 bridgehead atoms. The fourth-order valence-electron chi connectivity index (χ4n) is 2.46. The van der Waals surface area contributed by atoms with Crippen LogP contribution in [0.15, 0.2) is 41.0 Å². The van der Waals surface area contributed by atoms with Crippen molar-refractivity contribution in [3.05, 3.63) is 42.5 Å². The fraction of sp³-hybridized carbons (Fsp3) is 0.400. The van der Waals surface area contributed by atoms with Gasteiger partial charge in [0.2, 0.25) is 0 Å². The average molecular weight is 242 g/mol. The van der Waals surface area contributed by atoms with Crippen molar-refractivity contribution in [2.75, 3.05) is 6.54 Å². The van der Waals surface area contributed by atoms with Crippen LogP contribution >= 0.6 is 0 Å². The minimum Gasteiger partial charge on any atom is -0.448 e. The average Bonchev–Trinajstić information content (AvgIpc) is 2.89. The summed E-state index contributed by atoms with van der Waals surface area (Å²) in [5, 5.41) is 3.52. The van der Waals surface area contributed by atoms with Crippen LogP contribution in [-0.2, 0) is 6.42 Å². The third-order valence-electron chi connectivity index (χ3n) is 3.45. The Balaban J connectivity index is 1.69. The van der Waals surface area contributed by atoms with E-state index in [-0.39, 0.29) is 0 Å². The summed E-state index contributed by atoms with van der Waals surface area (Å²) >= 11 is 0. The number of benzene rings is 1. The Hall–Kier alpha value is -1.61. The second kappa shape index (κ2) is 5.36. The smallest absolute Gasteiger partial charge is 0.196 e. The van der Waals surface area contributed by atoms with E-state index in [4.69, 9.17) is 4.42 Å². The summed E-state index contributed by atoms with van der Waals surface area (Å²) < 4.78 is 5.57. The van der Waals surface area contributed by atoms with Crippen molar-refractivity contribution in [2.24, 2.45) is 0 Å². The quantitative estimate of drug-likeness (QED) is 0.899. The summed E-state index contributed by atoms with van der Waals surface area (Å²) in [5.41, 5.74) is 2.05. The van der Waals surface area contributed by atoms with Crippen molar-refractivity contribution in [3.8, 4) is 11.3 Å². The van der Waals surface area contributed by atoms with Crippen LogP contribution in [-0.4, -0.2) is 17.6 Å². The van der Waals surface area contributed by atoms with Gasteiger partial charge in [-0.1, -0.05) is 36.8 Å². The SMILES string of the molecule is c1ccc(-c2coc(CC3CCCCN3)n2)cc1. The molecule has 1 saturated heterocycles. The number of hydrogen-bond acceptors (Lipinski definition) is 3.